The Bertz CT molecular complexity index is 1140. The Morgan fingerprint density at radius 1 is 1.31 bits per heavy atom. The number of ether oxygens (including phenoxy) is 1. The minimum Gasteiger partial charge on any atom is -0.472 e. The van der Waals surface area contributed by atoms with Gasteiger partial charge in [-0.25, -0.2) is 9.37 Å². The Morgan fingerprint density at radius 3 is 2.64 bits per heavy atom. The summed E-state index contributed by atoms with van der Waals surface area (Å²) in [6, 6.07) is 6.64. The number of aromatic nitrogens is 1. The van der Waals surface area contributed by atoms with Crippen molar-refractivity contribution in [1.29, 1.82) is 0 Å². The average Bonchev–Trinajstić information content (AvgIpc) is 2.85. The topological polar surface area (TPSA) is 83.0 Å². The van der Waals surface area contributed by atoms with Gasteiger partial charge in [0.15, 0.2) is 0 Å². The summed E-state index contributed by atoms with van der Waals surface area (Å²) in [5.74, 6) is 5.63. The summed E-state index contributed by atoms with van der Waals surface area (Å²) in [5.41, 5.74) is 1.25. The summed E-state index contributed by atoms with van der Waals surface area (Å²) in [7, 11) is 1.65. The van der Waals surface area contributed by atoms with Crippen LogP contribution in [0.4, 0.5) is 4.39 Å². The van der Waals surface area contributed by atoms with Crippen molar-refractivity contribution in [3.63, 3.8) is 0 Å². The van der Waals surface area contributed by atoms with Crippen molar-refractivity contribution in [3.8, 4) is 17.7 Å². The van der Waals surface area contributed by atoms with Gasteiger partial charge in [0.05, 0.1) is 19.2 Å². The first kappa shape index (κ1) is 27.2. The Labute approximate surface area is 212 Å². The summed E-state index contributed by atoms with van der Waals surface area (Å²) in [6.07, 6.45) is 1.82. The maximum atomic E-state index is 13.5. The normalized spacial score (nSPS) is 18.3. The number of aliphatic hydroxyl groups excluding tert-OH is 1. The van der Waals surface area contributed by atoms with E-state index in [9.17, 15) is 19.1 Å². The van der Waals surface area contributed by atoms with Gasteiger partial charge in [0.2, 0.25) is 5.88 Å². The van der Waals surface area contributed by atoms with Crippen LogP contribution in [0.3, 0.4) is 0 Å². The molecule has 1 N–H and O–H groups in total. The van der Waals surface area contributed by atoms with Crippen molar-refractivity contribution in [3.05, 3.63) is 59.0 Å². The van der Waals surface area contributed by atoms with Crippen LogP contribution >= 0.6 is 0 Å². The van der Waals surface area contributed by atoms with Crippen molar-refractivity contribution in [2.24, 2.45) is 11.8 Å². The number of hydrogen-bond donors (Lipinski definition) is 1. The minimum atomic E-state index is -0.481. The molecule has 2 amide bonds. The molecule has 0 radical (unpaired) electrons. The van der Waals surface area contributed by atoms with Crippen LogP contribution < -0.4 is 4.74 Å². The molecule has 7 nitrogen and oxygen atoms in total. The lowest BCUT2D eigenvalue weighted by atomic mass is 9.99. The van der Waals surface area contributed by atoms with Crippen LogP contribution in [-0.4, -0.2) is 70.6 Å². The summed E-state index contributed by atoms with van der Waals surface area (Å²) in [4.78, 5) is 33.9. The molecule has 8 heteroatoms. The van der Waals surface area contributed by atoms with Gasteiger partial charge in [-0.1, -0.05) is 32.6 Å². The highest BCUT2D eigenvalue weighted by Gasteiger charge is 2.34. The van der Waals surface area contributed by atoms with Gasteiger partial charge in [-0.15, -0.1) is 0 Å². The van der Waals surface area contributed by atoms with Gasteiger partial charge in [-0.2, -0.15) is 0 Å². The molecule has 192 valence electrons. The minimum absolute atomic E-state index is 0.170. The number of rotatable bonds is 6. The first-order chi connectivity index (χ1) is 17.1. The van der Waals surface area contributed by atoms with Crippen LogP contribution in [0.5, 0.6) is 5.88 Å². The van der Waals surface area contributed by atoms with Crippen LogP contribution in [0.2, 0.25) is 0 Å². The van der Waals surface area contributed by atoms with E-state index in [0.717, 1.165) is 6.42 Å². The van der Waals surface area contributed by atoms with E-state index in [-0.39, 0.29) is 42.3 Å². The molecule has 0 saturated carbocycles. The summed E-state index contributed by atoms with van der Waals surface area (Å²) >= 11 is 0. The number of pyridine rings is 1. The molecule has 0 aliphatic carbocycles. The lowest BCUT2D eigenvalue weighted by Crippen LogP contribution is -2.50. The third-order valence-corrected chi connectivity index (χ3v) is 6.16. The molecule has 3 rings (SSSR count). The van der Waals surface area contributed by atoms with Crippen LogP contribution in [0.1, 0.15) is 60.4 Å². The molecular formula is C28H34FN3O4. The zero-order valence-corrected chi connectivity index (χ0v) is 21.5. The number of hydrogen-bond acceptors (Lipinski definition) is 5. The number of nitrogens with zero attached hydrogens (tertiary/aromatic N) is 3. The number of carbonyl (C=O) groups is 2. The molecule has 0 fully saturated rings. The Kier molecular flexibility index (Phi) is 9.05. The van der Waals surface area contributed by atoms with E-state index < -0.39 is 18.0 Å². The van der Waals surface area contributed by atoms with Gasteiger partial charge in [-0.05, 0) is 43.2 Å². The fraction of sp³-hybridized carbons (Fsp3) is 0.464. The van der Waals surface area contributed by atoms with Crippen molar-refractivity contribution >= 4 is 11.8 Å². The van der Waals surface area contributed by atoms with Gasteiger partial charge >= 0.3 is 0 Å². The van der Waals surface area contributed by atoms with Crippen LogP contribution in [-0.2, 0) is 0 Å². The highest BCUT2D eigenvalue weighted by molar-refractivity contribution is 5.97. The molecule has 0 bridgehead atoms. The van der Waals surface area contributed by atoms with Crippen LogP contribution in [0.15, 0.2) is 36.5 Å². The monoisotopic (exact) mass is 495 g/mol. The predicted molar refractivity (Wildman–Crippen MR) is 135 cm³/mol. The second-order valence-electron chi connectivity index (χ2n) is 9.79. The second-order valence-corrected chi connectivity index (χ2v) is 9.79. The van der Waals surface area contributed by atoms with Crippen molar-refractivity contribution < 1.29 is 23.8 Å². The highest BCUT2D eigenvalue weighted by atomic mass is 19.1. The molecule has 1 aliphatic heterocycles. The molecule has 0 spiro atoms. The van der Waals surface area contributed by atoms with Crippen LogP contribution in [0.25, 0.3) is 0 Å². The maximum absolute atomic E-state index is 13.5. The SMILES string of the molecule is CC(C)CC#Cc1cnc2c(c1)C(=O)N([C@H](C)CO)C[C@H](C)[C@@H](CN(C)C(=O)c1ccc(F)cc1)O2. The third-order valence-electron chi connectivity index (χ3n) is 6.16. The van der Waals surface area contributed by atoms with E-state index in [2.05, 4.69) is 30.7 Å². The molecule has 2 aromatic rings. The van der Waals surface area contributed by atoms with Crippen LogP contribution in [0, 0.1) is 29.5 Å². The van der Waals surface area contributed by atoms with E-state index in [4.69, 9.17) is 4.74 Å². The summed E-state index contributed by atoms with van der Waals surface area (Å²) in [5, 5.41) is 9.81. The molecule has 1 aliphatic rings. The number of benzene rings is 1. The Balaban J connectivity index is 1.92. The molecule has 1 aromatic carbocycles. The highest BCUT2D eigenvalue weighted by Crippen LogP contribution is 2.27. The van der Waals surface area contributed by atoms with E-state index in [0.29, 0.717) is 23.6 Å². The van der Waals surface area contributed by atoms with Gasteiger partial charge in [0.1, 0.15) is 17.5 Å². The second kappa shape index (κ2) is 12.0. The molecule has 1 aromatic heterocycles. The first-order valence-electron chi connectivity index (χ1n) is 12.2. The number of likely N-dealkylation sites (N-methyl/N-ethyl adjacent to an activating group) is 1. The quantitative estimate of drug-likeness (QED) is 0.619. The molecule has 36 heavy (non-hydrogen) atoms. The Hall–Kier alpha value is -3.44. The van der Waals surface area contributed by atoms with Crippen molar-refractivity contribution in [1.82, 2.24) is 14.8 Å². The largest absolute Gasteiger partial charge is 0.472 e. The average molecular weight is 496 g/mol. The lowest BCUT2D eigenvalue weighted by molar-refractivity contribution is 0.0313. The predicted octanol–water partition coefficient (Wildman–Crippen LogP) is 3.61. The van der Waals surface area contributed by atoms with E-state index in [1.807, 2.05) is 6.92 Å². The van der Waals surface area contributed by atoms with Gasteiger partial charge < -0.3 is 19.6 Å². The van der Waals surface area contributed by atoms with Gasteiger partial charge in [0, 0.05) is 43.3 Å². The number of halogens is 1. The fourth-order valence-corrected chi connectivity index (χ4v) is 3.91. The van der Waals surface area contributed by atoms with E-state index >= 15 is 0 Å². The molecular weight excluding hydrogens is 461 g/mol. The number of aliphatic hydroxyl groups is 1. The first-order valence-corrected chi connectivity index (χ1v) is 12.2. The number of amides is 2. The zero-order chi connectivity index (χ0) is 26.4. The van der Waals surface area contributed by atoms with Gasteiger partial charge in [-0.3, -0.25) is 9.59 Å². The fourth-order valence-electron chi connectivity index (χ4n) is 3.91. The standard InChI is InChI=1S/C28H34FN3O4/c1-18(2)7-6-8-21-13-24-26(30-14-21)36-25(19(3)15-32(28(24)35)20(4)17-33)16-31(5)27(34)22-9-11-23(29)12-10-22/h9-14,18-20,25,33H,7,15-17H2,1-5H3/t19-,20+,25+/m0/s1. The molecule has 3 atom stereocenters. The third kappa shape index (κ3) is 6.61. The van der Waals surface area contributed by atoms with Crippen molar-refractivity contribution in [2.45, 2.75) is 46.3 Å². The number of carbonyl (C=O) groups excluding carboxylic acids is 2. The maximum Gasteiger partial charge on any atom is 0.259 e. The van der Waals surface area contributed by atoms with Gasteiger partial charge in [0.25, 0.3) is 11.8 Å². The smallest absolute Gasteiger partial charge is 0.259 e. The van der Waals surface area contributed by atoms with E-state index in [1.54, 1.807) is 31.1 Å². The Morgan fingerprint density at radius 2 is 2.00 bits per heavy atom. The molecule has 0 unspecified atom stereocenters. The summed E-state index contributed by atoms with van der Waals surface area (Å²) < 4.78 is 19.5. The molecule has 2 heterocycles. The summed E-state index contributed by atoms with van der Waals surface area (Å²) in [6.45, 7) is 8.24. The zero-order valence-electron chi connectivity index (χ0n) is 21.5. The number of fused-ring (bicyclic) bond motifs is 1. The lowest BCUT2D eigenvalue weighted by Gasteiger charge is -2.37. The van der Waals surface area contributed by atoms with Crippen molar-refractivity contribution in [2.75, 3.05) is 26.7 Å². The van der Waals surface area contributed by atoms with E-state index in [1.165, 1.54) is 29.2 Å². The molecule has 0 saturated heterocycles.